The molecule has 0 amide bonds. The van der Waals surface area contributed by atoms with Crippen molar-refractivity contribution >= 4 is 28.5 Å². The minimum Gasteiger partial charge on any atom is -0.395 e. The van der Waals surface area contributed by atoms with Crippen molar-refractivity contribution in [1.29, 1.82) is 0 Å². The van der Waals surface area contributed by atoms with Gasteiger partial charge in [-0.25, -0.2) is 19.9 Å². The molecule has 3 fully saturated rings. The van der Waals surface area contributed by atoms with Crippen LogP contribution in [0.1, 0.15) is 43.5 Å². The SMILES string of the molecule is CC(O)c1cc2cnc(Nc3ccc(CN4CCN(CCO)CC4)cn3)nc2c(N2CC3(CCC3)C2)n1. The van der Waals surface area contributed by atoms with Gasteiger partial charge in [-0.3, -0.25) is 9.80 Å². The quantitative estimate of drug-likeness (QED) is 0.422. The molecule has 0 bridgehead atoms. The van der Waals surface area contributed by atoms with Crippen LogP contribution in [-0.4, -0.2) is 92.4 Å². The lowest BCUT2D eigenvalue weighted by Crippen LogP contribution is -2.60. The second kappa shape index (κ2) is 10.1. The molecule has 37 heavy (non-hydrogen) atoms. The summed E-state index contributed by atoms with van der Waals surface area (Å²) >= 11 is 0. The van der Waals surface area contributed by atoms with E-state index in [1.807, 2.05) is 18.3 Å². The van der Waals surface area contributed by atoms with Crippen LogP contribution >= 0.6 is 0 Å². The van der Waals surface area contributed by atoms with Crippen molar-refractivity contribution in [2.45, 2.75) is 38.8 Å². The summed E-state index contributed by atoms with van der Waals surface area (Å²) in [5, 5.41) is 23.4. The van der Waals surface area contributed by atoms with E-state index in [-0.39, 0.29) is 6.61 Å². The number of aromatic nitrogens is 4. The lowest BCUT2D eigenvalue weighted by atomic mass is 9.63. The van der Waals surface area contributed by atoms with E-state index in [9.17, 15) is 5.11 Å². The average Bonchev–Trinajstić information content (AvgIpc) is 2.85. The van der Waals surface area contributed by atoms with Crippen LogP contribution in [-0.2, 0) is 6.54 Å². The van der Waals surface area contributed by atoms with Crippen LogP contribution in [0.15, 0.2) is 30.6 Å². The highest BCUT2D eigenvalue weighted by Crippen LogP contribution is 2.50. The highest BCUT2D eigenvalue weighted by atomic mass is 16.3. The molecule has 0 aromatic carbocycles. The molecule has 6 rings (SSSR count). The normalized spacial score (nSPS) is 20.6. The Morgan fingerprint density at radius 2 is 1.81 bits per heavy atom. The van der Waals surface area contributed by atoms with Gasteiger partial charge in [0.25, 0.3) is 0 Å². The third kappa shape index (κ3) is 5.11. The molecular weight excluding hydrogens is 468 g/mol. The zero-order valence-corrected chi connectivity index (χ0v) is 21.5. The first-order chi connectivity index (χ1) is 18.0. The highest BCUT2D eigenvalue weighted by Gasteiger charge is 2.48. The van der Waals surface area contributed by atoms with E-state index in [4.69, 9.17) is 15.1 Å². The molecule has 1 spiro atoms. The van der Waals surface area contributed by atoms with Crippen molar-refractivity contribution in [1.82, 2.24) is 29.7 Å². The summed E-state index contributed by atoms with van der Waals surface area (Å²) in [6.07, 6.45) is 6.96. The summed E-state index contributed by atoms with van der Waals surface area (Å²) in [5.41, 5.74) is 3.07. The Morgan fingerprint density at radius 3 is 2.46 bits per heavy atom. The first-order valence-electron chi connectivity index (χ1n) is 13.4. The predicted molar refractivity (Wildman–Crippen MR) is 143 cm³/mol. The number of aliphatic hydroxyl groups excluding tert-OH is 2. The minimum absolute atomic E-state index is 0.221. The van der Waals surface area contributed by atoms with Gasteiger partial charge in [0, 0.05) is 75.6 Å². The van der Waals surface area contributed by atoms with Crippen LogP contribution in [0.2, 0.25) is 0 Å². The number of fused-ring (bicyclic) bond motifs is 1. The lowest BCUT2D eigenvalue weighted by molar-refractivity contribution is 0.0897. The number of piperazine rings is 1. The predicted octanol–water partition coefficient (Wildman–Crippen LogP) is 2.32. The maximum absolute atomic E-state index is 10.2. The number of hydrogen-bond donors (Lipinski definition) is 3. The summed E-state index contributed by atoms with van der Waals surface area (Å²) in [6, 6.07) is 5.94. The Bertz CT molecular complexity index is 1230. The molecule has 3 aromatic rings. The smallest absolute Gasteiger partial charge is 0.229 e. The Kier molecular flexibility index (Phi) is 6.66. The Morgan fingerprint density at radius 1 is 1.03 bits per heavy atom. The summed E-state index contributed by atoms with van der Waals surface area (Å²) in [4.78, 5) is 25.8. The fourth-order valence-electron chi connectivity index (χ4n) is 5.72. The van der Waals surface area contributed by atoms with Crippen LogP contribution in [0.4, 0.5) is 17.6 Å². The van der Waals surface area contributed by atoms with Crippen molar-refractivity contribution in [2.24, 2.45) is 5.41 Å². The molecule has 196 valence electrons. The Balaban J connectivity index is 1.15. The fraction of sp³-hybridized carbons (Fsp3) is 0.556. The number of rotatable bonds is 8. The molecule has 1 aliphatic carbocycles. The third-order valence-corrected chi connectivity index (χ3v) is 8.11. The van der Waals surface area contributed by atoms with Gasteiger partial charge in [0.15, 0.2) is 5.82 Å². The maximum Gasteiger partial charge on any atom is 0.229 e. The first-order valence-corrected chi connectivity index (χ1v) is 13.4. The van der Waals surface area contributed by atoms with Crippen LogP contribution < -0.4 is 10.2 Å². The van der Waals surface area contributed by atoms with Gasteiger partial charge in [-0.1, -0.05) is 12.5 Å². The van der Waals surface area contributed by atoms with Crippen molar-refractivity contribution in [3.63, 3.8) is 0 Å². The largest absolute Gasteiger partial charge is 0.395 e. The van der Waals surface area contributed by atoms with E-state index in [1.54, 1.807) is 13.1 Å². The number of β-amino-alcohol motifs (C(OH)–C–C–N with tert-alkyl or cyclic N) is 1. The Labute approximate surface area is 217 Å². The van der Waals surface area contributed by atoms with Crippen molar-refractivity contribution in [2.75, 3.05) is 62.6 Å². The second-order valence-corrected chi connectivity index (χ2v) is 10.9. The van der Waals surface area contributed by atoms with E-state index in [1.165, 1.54) is 24.8 Å². The summed E-state index contributed by atoms with van der Waals surface area (Å²) < 4.78 is 0. The Hall–Kier alpha value is -2.92. The molecule has 0 radical (unpaired) electrons. The molecule has 3 N–H and O–H groups in total. The number of pyridine rings is 2. The molecule has 1 saturated carbocycles. The van der Waals surface area contributed by atoms with E-state index in [2.05, 4.69) is 36.1 Å². The number of aliphatic hydroxyl groups is 2. The van der Waals surface area contributed by atoms with Crippen LogP contribution in [0.3, 0.4) is 0 Å². The number of nitrogens with zero attached hydrogens (tertiary/aromatic N) is 7. The number of hydrogen-bond acceptors (Lipinski definition) is 10. The molecule has 10 heteroatoms. The monoisotopic (exact) mass is 504 g/mol. The fourth-order valence-corrected chi connectivity index (χ4v) is 5.72. The molecule has 2 saturated heterocycles. The molecule has 1 atom stereocenters. The molecule has 1 unspecified atom stereocenters. The van der Waals surface area contributed by atoms with Crippen molar-refractivity contribution < 1.29 is 10.2 Å². The molecule has 3 aliphatic rings. The zero-order valence-electron chi connectivity index (χ0n) is 21.5. The standard InChI is InChI=1S/C27H36N8O2/c1-19(37)22-13-21-15-29-26(32-24(21)25(30-22)35-17-27(18-35)5-2-6-27)31-23-4-3-20(14-28-23)16-34-9-7-33(8-10-34)11-12-36/h3-4,13-15,19,36-37H,2,5-12,16-18H2,1H3,(H,28,29,31,32). The summed E-state index contributed by atoms with van der Waals surface area (Å²) in [6.45, 7) is 9.56. The van der Waals surface area contributed by atoms with Crippen LogP contribution in [0.5, 0.6) is 0 Å². The van der Waals surface area contributed by atoms with Gasteiger partial charge in [0.05, 0.1) is 18.4 Å². The second-order valence-electron chi connectivity index (χ2n) is 10.9. The van der Waals surface area contributed by atoms with Gasteiger partial charge in [0.1, 0.15) is 11.3 Å². The topological polar surface area (TPSA) is 114 Å². The molecule has 2 aliphatic heterocycles. The van der Waals surface area contributed by atoms with Crippen LogP contribution in [0.25, 0.3) is 10.9 Å². The van der Waals surface area contributed by atoms with Crippen molar-refractivity contribution in [3.05, 3.63) is 41.9 Å². The van der Waals surface area contributed by atoms with Crippen LogP contribution in [0, 0.1) is 5.41 Å². The minimum atomic E-state index is -0.646. The number of anilines is 3. The molecule has 3 aromatic heterocycles. The first kappa shape index (κ1) is 24.4. The van der Waals surface area contributed by atoms with Gasteiger partial charge in [-0.15, -0.1) is 0 Å². The average molecular weight is 505 g/mol. The van der Waals surface area contributed by atoms with Gasteiger partial charge in [0.2, 0.25) is 5.95 Å². The van der Waals surface area contributed by atoms with Gasteiger partial charge >= 0.3 is 0 Å². The van der Waals surface area contributed by atoms with E-state index < -0.39 is 6.10 Å². The maximum atomic E-state index is 10.2. The van der Waals surface area contributed by atoms with Gasteiger partial charge in [-0.05, 0) is 37.5 Å². The summed E-state index contributed by atoms with van der Waals surface area (Å²) in [5.74, 6) is 2.02. The molecule has 10 nitrogen and oxygen atoms in total. The lowest BCUT2D eigenvalue weighted by Gasteiger charge is -2.56. The highest BCUT2D eigenvalue weighted by molar-refractivity contribution is 5.90. The third-order valence-electron chi connectivity index (χ3n) is 8.11. The van der Waals surface area contributed by atoms with E-state index >= 15 is 0 Å². The number of nitrogens with one attached hydrogen (secondary N) is 1. The van der Waals surface area contributed by atoms with Gasteiger partial charge in [-0.2, -0.15) is 0 Å². The zero-order chi connectivity index (χ0) is 25.4. The van der Waals surface area contributed by atoms with E-state index in [0.29, 0.717) is 22.9 Å². The van der Waals surface area contributed by atoms with E-state index in [0.717, 1.165) is 69.1 Å². The summed E-state index contributed by atoms with van der Waals surface area (Å²) in [7, 11) is 0. The van der Waals surface area contributed by atoms with Gasteiger partial charge < -0.3 is 20.4 Å². The molecular formula is C27H36N8O2. The van der Waals surface area contributed by atoms with Crippen molar-refractivity contribution in [3.8, 4) is 0 Å². The molecule has 5 heterocycles.